The van der Waals surface area contributed by atoms with Crippen LogP contribution in [0, 0.1) is 0 Å². The van der Waals surface area contributed by atoms with Crippen molar-refractivity contribution in [2.75, 3.05) is 25.9 Å². The van der Waals surface area contributed by atoms with Gasteiger partial charge in [0, 0.05) is 39.4 Å². The normalized spacial score (nSPS) is 12.8. The lowest BCUT2D eigenvalue weighted by molar-refractivity contribution is -0.123. The van der Waals surface area contributed by atoms with Gasteiger partial charge in [0.15, 0.2) is 0 Å². The summed E-state index contributed by atoms with van der Waals surface area (Å²) < 4.78 is 30.0. The summed E-state index contributed by atoms with van der Waals surface area (Å²) in [4.78, 5) is 47.7. The van der Waals surface area contributed by atoms with Crippen LogP contribution in [-0.4, -0.2) is 74.4 Å². The Hall–Kier alpha value is -2.09. The number of carbonyl (C=O) groups excluding carboxylic acids is 4. The fraction of sp³-hybridized carbons (Fsp3) is 0.882. The summed E-state index contributed by atoms with van der Waals surface area (Å²) in [5, 5.41) is 8.27. The Morgan fingerprint density at radius 3 is 1.53 bits per heavy atom. The highest BCUT2D eigenvalue weighted by Crippen LogP contribution is 2.13. The van der Waals surface area contributed by atoms with Crippen molar-refractivity contribution in [3.8, 4) is 0 Å². The minimum Gasteiger partial charge on any atom is -0.358 e. The predicted octanol–water partition coefficient (Wildman–Crippen LogP) is 4.44. The van der Waals surface area contributed by atoms with Gasteiger partial charge >= 0.3 is 0 Å². The van der Waals surface area contributed by atoms with E-state index < -0.39 is 22.2 Å². The molecule has 0 bridgehead atoms. The third-order valence-corrected chi connectivity index (χ3v) is 9.20. The molecule has 47 heavy (non-hydrogen) atoms. The molecule has 3 amide bonds. The van der Waals surface area contributed by atoms with Crippen LogP contribution < -0.4 is 27.4 Å². The first-order valence-electron chi connectivity index (χ1n) is 18.2. The highest BCUT2D eigenvalue weighted by Gasteiger charge is 2.14. The molecule has 0 fully saturated rings. The smallest absolute Gasteiger partial charge is 0.264 e. The molecular weight excluding hydrogens is 622 g/mol. The van der Waals surface area contributed by atoms with Gasteiger partial charge in [0.1, 0.15) is 5.78 Å². The highest BCUT2D eigenvalue weighted by molar-refractivity contribution is 7.85. The lowest BCUT2D eigenvalue weighted by Crippen LogP contribution is -2.41. The molecular formula is C34H67N5O7S. The third kappa shape index (κ3) is 31.0. The van der Waals surface area contributed by atoms with Crippen molar-refractivity contribution in [2.45, 2.75) is 166 Å². The van der Waals surface area contributed by atoms with E-state index in [9.17, 15) is 27.6 Å². The Kier molecular flexibility index (Phi) is 28.7. The van der Waals surface area contributed by atoms with Crippen molar-refractivity contribution in [3.05, 3.63) is 0 Å². The van der Waals surface area contributed by atoms with Gasteiger partial charge in [-0.25, -0.2) is 0 Å². The highest BCUT2D eigenvalue weighted by atomic mass is 32.2. The van der Waals surface area contributed by atoms with Gasteiger partial charge in [0.2, 0.25) is 17.7 Å². The Labute approximate surface area is 284 Å². The summed E-state index contributed by atoms with van der Waals surface area (Å²) in [7, 11) is -2.26. The van der Waals surface area contributed by atoms with E-state index in [1.807, 2.05) is 0 Å². The Morgan fingerprint density at radius 1 is 0.553 bits per heavy atom. The maximum Gasteiger partial charge on any atom is 0.264 e. The van der Waals surface area contributed by atoms with E-state index in [1.54, 1.807) is 7.05 Å². The summed E-state index contributed by atoms with van der Waals surface area (Å²) in [6, 6.07) is -1.09. The molecule has 0 saturated carbocycles. The molecule has 0 unspecified atom stereocenters. The molecule has 0 aliphatic heterocycles. The molecule has 0 aromatic carbocycles. The molecule has 0 aliphatic rings. The van der Waals surface area contributed by atoms with E-state index in [0.29, 0.717) is 58.0 Å². The Bertz CT molecular complexity index is 949. The number of likely N-dealkylation sites (N-methyl/N-ethyl adjacent to an activating group) is 1. The first-order valence-corrected chi connectivity index (χ1v) is 19.8. The zero-order valence-corrected chi connectivity index (χ0v) is 30.0. The number of unbranched alkanes of at least 4 members (excludes halogenated alkanes) is 15. The monoisotopic (exact) mass is 689 g/mol. The average Bonchev–Trinajstić information content (AvgIpc) is 3.03. The van der Waals surface area contributed by atoms with Crippen LogP contribution in [0.25, 0.3) is 0 Å². The van der Waals surface area contributed by atoms with Gasteiger partial charge in [-0.2, -0.15) is 8.42 Å². The third-order valence-electron chi connectivity index (χ3n) is 8.39. The fourth-order valence-corrected chi connectivity index (χ4v) is 5.95. The minimum atomic E-state index is -3.81. The van der Waals surface area contributed by atoms with Crippen molar-refractivity contribution in [1.29, 1.82) is 0 Å². The molecule has 0 spiro atoms. The van der Waals surface area contributed by atoms with Crippen LogP contribution in [0.15, 0.2) is 0 Å². The number of ketones is 1. The molecule has 0 aromatic rings. The van der Waals surface area contributed by atoms with E-state index in [0.717, 1.165) is 70.6 Å². The van der Waals surface area contributed by atoms with Gasteiger partial charge in [-0.05, 0) is 51.4 Å². The van der Waals surface area contributed by atoms with Gasteiger partial charge < -0.3 is 27.4 Å². The average molecular weight is 690 g/mol. The molecule has 12 nitrogen and oxygen atoms in total. The molecule has 0 saturated heterocycles. The molecule has 2 atom stereocenters. The number of rotatable bonds is 33. The zero-order chi connectivity index (χ0) is 35.2. The van der Waals surface area contributed by atoms with Crippen molar-refractivity contribution in [1.82, 2.24) is 16.0 Å². The standard InChI is InChI=1S/C34H67N5O7S/c1-37-33(42)30(35)24-17-18-26-39-34(43)31(36)23-15-13-14-21-29(40)22-20-27-38-32(41)25-16-11-9-7-5-3-2-4-6-8-10-12-19-28-47(44,45)46/h30-31H,2-28,35-36H2,1H3,(H,37,42)(H,38,41)(H,39,43)(H,44,45,46)/t30-,31-/m0/s1. The lowest BCUT2D eigenvalue weighted by Gasteiger charge is -2.13. The quantitative estimate of drug-likeness (QED) is 0.0424. The SMILES string of the molecule is CNC(=O)[C@@H](N)CCCCNC(=O)[C@@H](N)CCCCCC(=O)CCCNC(=O)CCCCCCCCCCCCCCCS(=O)(=O)O. The van der Waals surface area contributed by atoms with Gasteiger partial charge in [0.05, 0.1) is 17.8 Å². The second kappa shape index (κ2) is 30.0. The molecule has 13 heteroatoms. The van der Waals surface area contributed by atoms with E-state index in [4.69, 9.17) is 16.0 Å². The number of carbonyl (C=O) groups is 4. The Morgan fingerprint density at radius 2 is 0.979 bits per heavy atom. The molecule has 0 aliphatic carbocycles. The lowest BCUT2D eigenvalue weighted by atomic mass is 10.0. The van der Waals surface area contributed by atoms with Crippen molar-refractivity contribution in [3.63, 3.8) is 0 Å². The summed E-state index contributed by atoms with van der Waals surface area (Å²) in [6.07, 6.45) is 21.1. The van der Waals surface area contributed by atoms with Crippen LogP contribution in [0.5, 0.6) is 0 Å². The molecule has 0 rings (SSSR count). The molecule has 8 N–H and O–H groups in total. The second-order valence-corrected chi connectivity index (χ2v) is 14.4. The van der Waals surface area contributed by atoms with Crippen LogP contribution in [0.2, 0.25) is 0 Å². The van der Waals surface area contributed by atoms with Gasteiger partial charge in [-0.15, -0.1) is 0 Å². The number of hydrogen-bond donors (Lipinski definition) is 6. The maximum atomic E-state index is 12.2. The van der Waals surface area contributed by atoms with Crippen molar-refractivity contribution in [2.24, 2.45) is 11.5 Å². The van der Waals surface area contributed by atoms with Crippen LogP contribution in [-0.2, 0) is 29.3 Å². The van der Waals surface area contributed by atoms with E-state index in [1.165, 1.54) is 38.5 Å². The van der Waals surface area contributed by atoms with E-state index >= 15 is 0 Å². The Balaban J connectivity index is 3.50. The van der Waals surface area contributed by atoms with Gasteiger partial charge in [-0.3, -0.25) is 23.7 Å². The summed E-state index contributed by atoms with van der Waals surface area (Å²) in [6.45, 7) is 1.03. The maximum absolute atomic E-state index is 12.2. The number of nitrogens with one attached hydrogen (secondary N) is 3. The van der Waals surface area contributed by atoms with Crippen LogP contribution in [0.4, 0.5) is 0 Å². The summed E-state index contributed by atoms with van der Waals surface area (Å²) in [5.74, 6) is -0.236. The fourth-order valence-electron chi connectivity index (χ4n) is 5.38. The first-order chi connectivity index (χ1) is 22.5. The molecule has 276 valence electrons. The summed E-state index contributed by atoms with van der Waals surface area (Å²) in [5.41, 5.74) is 11.7. The van der Waals surface area contributed by atoms with Crippen molar-refractivity contribution >= 4 is 33.6 Å². The van der Waals surface area contributed by atoms with E-state index in [-0.39, 0.29) is 29.3 Å². The van der Waals surface area contributed by atoms with Gasteiger partial charge in [0.25, 0.3) is 10.1 Å². The summed E-state index contributed by atoms with van der Waals surface area (Å²) >= 11 is 0. The van der Waals surface area contributed by atoms with Gasteiger partial charge in [-0.1, -0.05) is 83.5 Å². The van der Waals surface area contributed by atoms with Crippen LogP contribution in [0.3, 0.4) is 0 Å². The van der Waals surface area contributed by atoms with E-state index in [2.05, 4.69) is 16.0 Å². The number of hydrogen-bond acceptors (Lipinski definition) is 8. The molecule has 0 heterocycles. The minimum absolute atomic E-state index is 0.0565. The predicted molar refractivity (Wildman–Crippen MR) is 188 cm³/mol. The number of nitrogens with two attached hydrogens (primary N) is 2. The zero-order valence-electron chi connectivity index (χ0n) is 29.2. The van der Waals surface area contributed by atoms with Crippen molar-refractivity contribution < 1.29 is 32.1 Å². The van der Waals surface area contributed by atoms with Crippen LogP contribution in [0.1, 0.15) is 154 Å². The molecule has 0 radical (unpaired) electrons. The number of Topliss-reactive ketones (excluding diaryl/α,β-unsaturated/α-hetero) is 1. The first kappa shape index (κ1) is 44.9. The number of amides is 3. The second-order valence-electron chi connectivity index (χ2n) is 12.8. The topological polar surface area (TPSA) is 211 Å². The van der Waals surface area contributed by atoms with Crippen LogP contribution >= 0.6 is 0 Å². The largest absolute Gasteiger partial charge is 0.358 e. The molecule has 0 aromatic heterocycles.